The lowest BCUT2D eigenvalue weighted by Crippen LogP contribution is -2.31. The van der Waals surface area contributed by atoms with E-state index < -0.39 is 34.3 Å². The van der Waals surface area contributed by atoms with Gasteiger partial charge >= 0.3 is 5.97 Å². The third-order valence-electron chi connectivity index (χ3n) is 3.33. The van der Waals surface area contributed by atoms with Crippen LogP contribution >= 0.6 is 22.9 Å². The number of carbonyl (C=O) groups excluding carboxylic acids is 2. The maximum absolute atomic E-state index is 13.8. The van der Waals surface area contributed by atoms with Crippen LogP contribution < -0.4 is 5.14 Å². The first-order valence-corrected chi connectivity index (χ1v) is 9.86. The quantitative estimate of drug-likeness (QED) is 0.719. The van der Waals surface area contributed by atoms with Gasteiger partial charge in [-0.1, -0.05) is 17.7 Å². The van der Waals surface area contributed by atoms with Gasteiger partial charge in [0.1, 0.15) is 15.6 Å². The van der Waals surface area contributed by atoms with Crippen molar-refractivity contribution in [3.05, 3.63) is 50.9 Å². The molecule has 2 aromatic rings. The molecule has 0 saturated carbocycles. The zero-order valence-corrected chi connectivity index (χ0v) is 15.8. The molecule has 1 heterocycles. The SMILES string of the molecule is CN(Cc1c(F)cccc1Cl)C(=O)COC(=O)c1sccc1S(N)(=O)=O. The van der Waals surface area contributed by atoms with Crippen LogP contribution in [0.3, 0.4) is 0 Å². The normalized spacial score (nSPS) is 11.2. The largest absolute Gasteiger partial charge is 0.451 e. The first-order chi connectivity index (χ1) is 12.1. The van der Waals surface area contributed by atoms with Gasteiger partial charge in [-0.2, -0.15) is 0 Å². The summed E-state index contributed by atoms with van der Waals surface area (Å²) in [6.07, 6.45) is 0. The number of amides is 1. The standard InChI is InChI=1S/C15H14ClFN2O5S2/c1-19(7-9-10(16)3-2-4-11(9)17)13(20)8-24-15(21)14-12(5-6-25-14)26(18,22)23/h2-6H,7-8H2,1H3,(H2,18,22,23). The van der Waals surface area contributed by atoms with Gasteiger partial charge in [-0.15, -0.1) is 11.3 Å². The van der Waals surface area contributed by atoms with Gasteiger partial charge in [-0.05, 0) is 23.6 Å². The fourth-order valence-corrected chi connectivity index (χ4v) is 4.06. The maximum Gasteiger partial charge on any atom is 0.350 e. The molecule has 0 aliphatic heterocycles. The van der Waals surface area contributed by atoms with Gasteiger partial charge in [0.05, 0.1) is 0 Å². The lowest BCUT2D eigenvalue weighted by molar-refractivity contribution is -0.133. The van der Waals surface area contributed by atoms with Crippen LogP contribution in [-0.4, -0.2) is 38.8 Å². The molecule has 7 nitrogen and oxygen atoms in total. The number of likely N-dealkylation sites (N-methyl/N-ethyl adjacent to an activating group) is 1. The molecule has 0 unspecified atom stereocenters. The summed E-state index contributed by atoms with van der Waals surface area (Å²) in [4.78, 5) is 24.6. The molecule has 2 rings (SSSR count). The average molecular weight is 421 g/mol. The number of nitrogens with zero attached hydrogens (tertiary/aromatic N) is 1. The number of thiophene rings is 1. The van der Waals surface area contributed by atoms with Crippen molar-refractivity contribution in [2.45, 2.75) is 11.4 Å². The minimum atomic E-state index is -4.08. The van der Waals surface area contributed by atoms with E-state index in [9.17, 15) is 22.4 Å². The monoisotopic (exact) mass is 420 g/mol. The second-order valence-electron chi connectivity index (χ2n) is 5.19. The fourth-order valence-electron chi connectivity index (χ4n) is 1.98. The average Bonchev–Trinajstić information content (AvgIpc) is 3.05. The summed E-state index contributed by atoms with van der Waals surface area (Å²) >= 11 is 6.73. The second kappa shape index (κ2) is 8.12. The number of primary sulfonamides is 1. The smallest absolute Gasteiger partial charge is 0.350 e. The molecule has 1 amide bonds. The maximum atomic E-state index is 13.8. The molecule has 1 aromatic carbocycles. The molecule has 0 fully saturated rings. The van der Waals surface area contributed by atoms with Gasteiger partial charge in [0.2, 0.25) is 10.0 Å². The van der Waals surface area contributed by atoms with E-state index in [1.54, 1.807) is 0 Å². The number of ether oxygens (including phenoxy) is 1. The topological polar surface area (TPSA) is 107 Å². The molecule has 0 saturated heterocycles. The number of carbonyl (C=O) groups is 2. The van der Waals surface area contributed by atoms with E-state index in [0.29, 0.717) is 0 Å². The number of benzene rings is 1. The second-order valence-corrected chi connectivity index (χ2v) is 8.04. The van der Waals surface area contributed by atoms with E-state index in [-0.39, 0.29) is 26.9 Å². The molecule has 2 N–H and O–H groups in total. The molecule has 0 atom stereocenters. The number of sulfonamides is 1. The van der Waals surface area contributed by atoms with Crippen molar-refractivity contribution in [2.24, 2.45) is 5.14 Å². The van der Waals surface area contributed by atoms with Crippen molar-refractivity contribution < 1.29 is 27.1 Å². The van der Waals surface area contributed by atoms with Crippen molar-refractivity contribution in [1.29, 1.82) is 0 Å². The van der Waals surface area contributed by atoms with Crippen molar-refractivity contribution in [1.82, 2.24) is 4.90 Å². The predicted octanol–water partition coefficient (Wildman–Crippen LogP) is 2.00. The van der Waals surface area contributed by atoms with Crippen LogP contribution in [0, 0.1) is 5.82 Å². The molecule has 0 aliphatic carbocycles. The van der Waals surface area contributed by atoms with Crippen LogP contribution in [0.25, 0.3) is 0 Å². The first kappa shape index (κ1) is 20.3. The highest BCUT2D eigenvalue weighted by Crippen LogP contribution is 2.22. The Balaban J connectivity index is 2.00. The van der Waals surface area contributed by atoms with Crippen molar-refractivity contribution in [3.8, 4) is 0 Å². The van der Waals surface area contributed by atoms with E-state index >= 15 is 0 Å². The minimum absolute atomic E-state index is 0.122. The molecule has 0 radical (unpaired) electrons. The van der Waals surface area contributed by atoms with E-state index in [2.05, 4.69) is 0 Å². The summed E-state index contributed by atoms with van der Waals surface area (Å²) < 4.78 is 41.4. The fraction of sp³-hybridized carbons (Fsp3) is 0.200. The van der Waals surface area contributed by atoms with Crippen LogP contribution in [0.2, 0.25) is 5.02 Å². The molecular formula is C15H14ClFN2O5S2. The van der Waals surface area contributed by atoms with Crippen molar-refractivity contribution in [2.75, 3.05) is 13.7 Å². The highest BCUT2D eigenvalue weighted by atomic mass is 35.5. The number of rotatable bonds is 6. The minimum Gasteiger partial charge on any atom is -0.451 e. The molecule has 1 aromatic heterocycles. The van der Waals surface area contributed by atoms with Crippen LogP contribution in [0.1, 0.15) is 15.2 Å². The summed E-state index contributed by atoms with van der Waals surface area (Å²) in [7, 11) is -2.69. The van der Waals surface area contributed by atoms with Gasteiger partial charge in [-0.25, -0.2) is 22.7 Å². The molecule has 11 heteroatoms. The zero-order valence-electron chi connectivity index (χ0n) is 13.4. The number of halogens is 2. The highest BCUT2D eigenvalue weighted by molar-refractivity contribution is 7.89. The molecule has 0 aliphatic rings. The third kappa shape index (κ3) is 4.79. The Hall–Kier alpha value is -2.01. The van der Waals surface area contributed by atoms with E-state index in [1.807, 2.05) is 0 Å². The predicted molar refractivity (Wildman–Crippen MR) is 93.9 cm³/mol. The van der Waals surface area contributed by atoms with Crippen molar-refractivity contribution >= 4 is 44.8 Å². The van der Waals surface area contributed by atoms with E-state index in [1.165, 1.54) is 36.7 Å². The summed E-state index contributed by atoms with van der Waals surface area (Å²) in [6, 6.07) is 5.31. The summed E-state index contributed by atoms with van der Waals surface area (Å²) in [6.45, 7) is -0.771. The van der Waals surface area contributed by atoms with Crippen LogP contribution in [0.15, 0.2) is 34.5 Å². The molecule has 26 heavy (non-hydrogen) atoms. The van der Waals surface area contributed by atoms with Gasteiger partial charge in [0, 0.05) is 24.2 Å². The first-order valence-electron chi connectivity index (χ1n) is 7.05. The lowest BCUT2D eigenvalue weighted by Gasteiger charge is -2.18. The Labute approximate surface area is 158 Å². The Bertz CT molecular complexity index is 925. The third-order valence-corrected chi connectivity index (χ3v) is 5.66. The summed E-state index contributed by atoms with van der Waals surface area (Å²) in [5.41, 5.74) is 0.131. The molecule has 0 bridgehead atoms. The zero-order chi connectivity index (χ0) is 19.5. The van der Waals surface area contributed by atoms with E-state index in [4.69, 9.17) is 21.5 Å². The van der Waals surface area contributed by atoms with Gasteiger partial charge < -0.3 is 9.64 Å². The summed E-state index contributed by atoms with van der Waals surface area (Å²) in [5, 5.41) is 6.54. The van der Waals surface area contributed by atoms with Crippen LogP contribution in [0.5, 0.6) is 0 Å². The highest BCUT2D eigenvalue weighted by Gasteiger charge is 2.23. The Morgan fingerprint density at radius 3 is 2.65 bits per heavy atom. The van der Waals surface area contributed by atoms with Crippen LogP contribution in [0.4, 0.5) is 4.39 Å². The lowest BCUT2D eigenvalue weighted by atomic mass is 10.2. The molecular weight excluding hydrogens is 407 g/mol. The van der Waals surface area contributed by atoms with Crippen LogP contribution in [-0.2, 0) is 26.1 Å². The number of hydrogen-bond donors (Lipinski definition) is 1. The van der Waals surface area contributed by atoms with Crippen molar-refractivity contribution in [3.63, 3.8) is 0 Å². The molecule has 140 valence electrons. The number of hydrogen-bond acceptors (Lipinski definition) is 6. The summed E-state index contributed by atoms with van der Waals surface area (Å²) in [5.74, 6) is -2.17. The Kier molecular flexibility index (Phi) is 6.34. The Morgan fingerprint density at radius 1 is 1.35 bits per heavy atom. The van der Waals surface area contributed by atoms with Gasteiger partial charge in [-0.3, -0.25) is 4.79 Å². The number of nitrogens with two attached hydrogens (primary N) is 1. The van der Waals surface area contributed by atoms with Gasteiger partial charge in [0.15, 0.2) is 6.61 Å². The molecule has 0 spiro atoms. The van der Waals surface area contributed by atoms with Gasteiger partial charge in [0.25, 0.3) is 5.91 Å². The number of esters is 1. The Morgan fingerprint density at radius 2 is 2.04 bits per heavy atom. The van der Waals surface area contributed by atoms with E-state index in [0.717, 1.165) is 16.2 Å².